The molecule has 1 heterocycles. The fourth-order valence-electron chi connectivity index (χ4n) is 2.13. The Kier molecular flexibility index (Phi) is 3.03. The Bertz CT molecular complexity index is 462. The number of amidine groups is 1. The summed E-state index contributed by atoms with van der Waals surface area (Å²) < 4.78 is 1.93. The molecule has 1 aromatic rings. The summed E-state index contributed by atoms with van der Waals surface area (Å²) >= 11 is 6.11. The molecule has 0 aliphatic heterocycles. The van der Waals surface area contributed by atoms with Crippen molar-refractivity contribution in [2.45, 2.75) is 39.7 Å². The molecule has 0 bridgehead atoms. The van der Waals surface area contributed by atoms with E-state index in [1.165, 1.54) is 0 Å². The van der Waals surface area contributed by atoms with Gasteiger partial charge in [-0.25, -0.2) is 0 Å². The normalized spacial score (nSPS) is 18.4. The first-order chi connectivity index (χ1) is 7.97. The third-order valence-corrected chi connectivity index (χ3v) is 3.97. The summed E-state index contributed by atoms with van der Waals surface area (Å²) in [5, 5.41) is 16.8. The van der Waals surface area contributed by atoms with Gasteiger partial charge in [0.25, 0.3) is 0 Å². The molecule has 0 unspecified atom stereocenters. The van der Waals surface area contributed by atoms with Crippen molar-refractivity contribution in [1.82, 2.24) is 9.78 Å². The van der Waals surface area contributed by atoms with Crippen LogP contribution in [0.1, 0.15) is 30.7 Å². The number of nitrogens with two attached hydrogens (primary N) is 1. The van der Waals surface area contributed by atoms with E-state index in [1.54, 1.807) is 0 Å². The van der Waals surface area contributed by atoms with Gasteiger partial charge >= 0.3 is 0 Å². The molecule has 1 fully saturated rings. The number of aromatic nitrogens is 2. The van der Waals surface area contributed by atoms with Gasteiger partial charge < -0.3 is 10.9 Å². The molecular formula is C11H17ClN4O. The van der Waals surface area contributed by atoms with E-state index in [-0.39, 0.29) is 11.3 Å². The Morgan fingerprint density at radius 2 is 2.24 bits per heavy atom. The number of nitrogens with zero attached hydrogens (tertiary/aromatic N) is 3. The van der Waals surface area contributed by atoms with E-state index in [2.05, 4.69) is 10.3 Å². The molecule has 94 valence electrons. The van der Waals surface area contributed by atoms with Crippen molar-refractivity contribution >= 4 is 17.4 Å². The summed E-state index contributed by atoms with van der Waals surface area (Å²) in [6.45, 7) is 4.64. The average Bonchev–Trinajstić information content (AvgIpc) is 3.00. The number of hydrogen-bond acceptors (Lipinski definition) is 3. The molecule has 0 amide bonds. The largest absolute Gasteiger partial charge is 0.409 e. The van der Waals surface area contributed by atoms with Crippen LogP contribution in [-0.2, 0) is 6.54 Å². The summed E-state index contributed by atoms with van der Waals surface area (Å²) in [5.41, 5.74) is 7.50. The van der Waals surface area contributed by atoms with Crippen LogP contribution in [0.4, 0.5) is 0 Å². The summed E-state index contributed by atoms with van der Waals surface area (Å²) in [4.78, 5) is 0. The Morgan fingerprint density at radius 3 is 2.65 bits per heavy atom. The Hall–Kier alpha value is -1.23. The maximum absolute atomic E-state index is 8.61. The first-order valence-electron chi connectivity index (χ1n) is 5.63. The second kappa shape index (κ2) is 4.22. The van der Waals surface area contributed by atoms with Gasteiger partial charge in [0.2, 0.25) is 0 Å². The van der Waals surface area contributed by atoms with E-state index < -0.39 is 0 Å². The van der Waals surface area contributed by atoms with E-state index in [9.17, 15) is 0 Å². The summed E-state index contributed by atoms with van der Waals surface area (Å²) in [6, 6.07) is 0. The van der Waals surface area contributed by atoms with Crippen molar-refractivity contribution in [2.75, 3.05) is 0 Å². The molecular weight excluding hydrogens is 240 g/mol. The second-order valence-corrected chi connectivity index (χ2v) is 5.29. The summed E-state index contributed by atoms with van der Waals surface area (Å²) in [6.07, 6.45) is 2.78. The SMILES string of the molecule is Cc1nn(CC2(CC(N)=NO)CC2)c(C)c1Cl. The third-order valence-electron chi connectivity index (χ3n) is 3.42. The molecule has 1 saturated carbocycles. The fraction of sp³-hybridized carbons (Fsp3) is 0.636. The predicted octanol–water partition coefficient (Wildman–Crippen LogP) is 2.07. The van der Waals surface area contributed by atoms with Gasteiger partial charge in [0, 0.05) is 13.0 Å². The molecule has 6 heteroatoms. The topological polar surface area (TPSA) is 76.4 Å². The van der Waals surface area contributed by atoms with Crippen molar-refractivity contribution in [1.29, 1.82) is 0 Å². The zero-order valence-corrected chi connectivity index (χ0v) is 10.8. The van der Waals surface area contributed by atoms with Crippen molar-refractivity contribution in [3.05, 3.63) is 16.4 Å². The molecule has 1 aliphatic rings. The Balaban J connectivity index is 2.13. The van der Waals surface area contributed by atoms with Gasteiger partial charge in [-0.1, -0.05) is 16.8 Å². The van der Waals surface area contributed by atoms with Crippen LogP contribution < -0.4 is 5.73 Å². The molecule has 0 aromatic carbocycles. The van der Waals surface area contributed by atoms with Gasteiger partial charge in [0.1, 0.15) is 5.84 Å². The molecule has 5 nitrogen and oxygen atoms in total. The predicted molar refractivity (Wildman–Crippen MR) is 66.4 cm³/mol. The van der Waals surface area contributed by atoms with Crippen molar-refractivity contribution < 1.29 is 5.21 Å². The Morgan fingerprint density at radius 1 is 1.59 bits per heavy atom. The van der Waals surface area contributed by atoms with Crippen LogP contribution >= 0.6 is 11.6 Å². The van der Waals surface area contributed by atoms with E-state index in [0.29, 0.717) is 6.42 Å². The minimum atomic E-state index is 0.100. The minimum Gasteiger partial charge on any atom is -0.409 e. The van der Waals surface area contributed by atoms with Crippen molar-refractivity contribution in [2.24, 2.45) is 16.3 Å². The smallest absolute Gasteiger partial charge is 0.139 e. The van der Waals surface area contributed by atoms with Crippen LogP contribution in [-0.4, -0.2) is 20.8 Å². The van der Waals surface area contributed by atoms with E-state index in [1.807, 2.05) is 18.5 Å². The lowest BCUT2D eigenvalue weighted by atomic mass is 10.0. The fourth-order valence-corrected chi connectivity index (χ4v) is 2.27. The summed E-state index contributed by atoms with van der Waals surface area (Å²) in [7, 11) is 0. The standard InChI is InChI=1S/C11H17ClN4O/c1-7-10(12)8(2)16(14-7)6-11(3-4-11)5-9(13)15-17/h17H,3-6H2,1-2H3,(H2,13,15). The number of halogens is 1. The van der Waals surface area contributed by atoms with Crippen molar-refractivity contribution in [3.63, 3.8) is 0 Å². The zero-order valence-electron chi connectivity index (χ0n) is 10.1. The molecule has 1 aromatic heterocycles. The average molecular weight is 257 g/mol. The van der Waals surface area contributed by atoms with E-state index in [4.69, 9.17) is 22.5 Å². The van der Waals surface area contributed by atoms with E-state index >= 15 is 0 Å². The third kappa shape index (κ3) is 2.39. The van der Waals surface area contributed by atoms with Gasteiger partial charge in [0.15, 0.2) is 0 Å². The number of aryl methyl sites for hydroxylation is 1. The van der Waals surface area contributed by atoms with Gasteiger partial charge in [-0.2, -0.15) is 5.10 Å². The molecule has 0 spiro atoms. The van der Waals surface area contributed by atoms with Crippen LogP contribution in [0.25, 0.3) is 0 Å². The number of hydrogen-bond donors (Lipinski definition) is 2. The molecule has 17 heavy (non-hydrogen) atoms. The highest BCUT2D eigenvalue weighted by molar-refractivity contribution is 6.31. The number of rotatable bonds is 4. The van der Waals surface area contributed by atoms with Crippen LogP contribution in [0.5, 0.6) is 0 Å². The van der Waals surface area contributed by atoms with Gasteiger partial charge in [-0.3, -0.25) is 4.68 Å². The van der Waals surface area contributed by atoms with Gasteiger partial charge in [-0.15, -0.1) is 0 Å². The molecule has 2 rings (SSSR count). The minimum absolute atomic E-state index is 0.100. The lowest BCUT2D eigenvalue weighted by Crippen LogP contribution is -2.22. The molecule has 0 radical (unpaired) electrons. The maximum atomic E-state index is 8.61. The van der Waals surface area contributed by atoms with Crippen LogP contribution in [0.2, 0.25) is 5.02 Å². The molecule has 0 saturated heterocycles. The highest BCUT2D eigenvalue weighted by Crippen LogP contribution is 2.50. The zero-order chi connectivity index (χ0) is 12.6. The molecule has 1 aliphatic carbocycles. The lowest BCUT2D eigenvalue weighted by Gasteiger charge is -2.15. The van der Waals surface area contributed by atoms with E-state index in [0.717, 1.165) is 35.8 Å². The Labute approximate surface area is 105 Å². The second-order valence-electron chi connectivity index (χ2n) is 4.91. The van der Waals surface area contributed by atoms with Crippen LogP contribution in [0.3, 0.4) is 0 Å². The highest BCUT2D eigenvalue weighted by Gasteiger charge is 2.44. The van der Waals surface area contributed by atoms with Crippen molar-refractivity contribution in [3.8, 4) is 0 Å². The first kappa shape index (κ1) is 12.2. The lowest BCUT2D eigenvalue weighted by molar-refractivity contribution is 0.312. The monoisotopic (exact) mass is 256 g/mol. The molecule has 3 N–H and O–H groups in total. The van der Waals surface area contributed by atoms with Gasteiger partial charge in [-0.05, 0) is 32.1 Å². The van der Waals surface area contributed by atoms with Crippen LogP contribution in [0.15, 0.2) is 5.16 Å². The highest BCUT2D eigenvalue weighted by atomic mass is 35.5. The quantitative estimate of drug-likeness (QED) is 0.375. The maximum Gasteiger partial charge on any atom is 0.139 e. The number of oxime groups is 1. The first-order valence-corrected chi connectivity index (χ1v) is 6.01. The van der Waals surface area contributed by atoms with Gasteiger partial charge in [0.05, 0.1) is 16.4 Å². The van der Waals surface area contributed by atoms with Crippen LogP contribution in [0, 0.1) is 19.3 Å². The summed E-state index contributed by atoms with van der Waals surface area (Å²) in [5.74, 6) is 0.287. The molecule has 0 atom stereocenters.